The molecule has 2 heterocycles. The number of carbonyl (C=O) groups excluding carboxylic acids is 1. The van der Waals surface area contributed by atoms with Crippen molar-refractivity contribution >= 4 is 6.29 Å². The Morgan fingerprint density at radius 2 is 0.577 bits per heavy atom. The van der Waals surface area contributed by atoms with Crippen LogP contribution in [0.15, 0.2) is 0 Å². The van der Waals surface area contributed by atoms with Crippen LogP contribution in [0.3, 0.4) is 0 Å². The van der Waals surface area contributed by atoms with E-state index in [0.29, 0.717) is 71.0 Å². The van der Waals surface area contributed by atoms with Gasteiger partial charge in [0.25, 0.3) is 0 Å². The first-order chi connectivity index (χ1) is 59.1. The molecule has 0 aromatic heterocycles. The Hall–Kier alpha value is -5.69. The van der Waals surface area contributed by atoms with Gasteiger partial charge in [0.2, 0.25) is 46.5 Å². The molecule has 29 heteroatoms. The molecule has 8 unspecified atom stereocenters. The second-order valence-electron chi connectivity index (χ2n) is 31.9. The van der Waals surface area contributed by atoms with Gasteiger partial charge in [-0.15, -0.1) is 0 Å². The predicted molar refractivity (Wildman–Crippen MR) is 446 cm³/mol. The summed E-state index contributed by atoms with van der Waals surface area (Å²) in [5.41, 5.74) is -7.77. The molecule has 0 aliphatic carbocycles. The van der Waals surface area contributed by atoms with Crippen molar-refractivity contribution in [2.24, 2.45) is 0 Å². The maximum atomic E-state index is 15.1. The highest BCUT2D eigenvalue weighted by molar-refractivity contribution is 5.70. The lowest BCUT2D eigenvalue weighted by molar-refractivity contribution is -0.275. The molecule has 13 nitrogen and oxygen atoms in total. The lowest BCUT2D eigenvalue weighted by Gasteiger charge is -2.40. The quantitative estimate of drug-likeness (QED) is 0.0142. The van der Waals surface area contributed by atoms with E-state index in [1.165, 1.54) is 51.4 Å². The number of aldehydes is 1. The van der Waals surface area contributed by atoms with Crippen molar-refractivity contribution in [1.29, 1.82) is 0 Å². The van der Waals surface area contributed by atoms with Gasteiger partial charge < -0.3 is 62.4 Å². The van der Waals surface area contributed by atoms with Gasteiger partial charge in [-0.2, -0.15) is 35.1 Å². The molecule has 0 bridgehead atoms. The summed E-state index contributed by atoms with van der Waals surface area (Å²) in [6.07, 6.45) is 37.7. The van der Waals surface area contributed by atoms with Crippen molar-refractivity contribution in [2.75, 3.05) is 39.6 Å². The highest BCUT2D eigenvalue weighted by Gasteiger charge is 2.40. The molecule has 708 valence electrons. The first-order valence-electron chi connectivity index (χ1n) is 45.7. The molecule has 2 fully saturated rings. The molecule has 2 saturated heterocycles. The molecular weight excluding hydrogens is 1640 g/mol. The summed E-state index contributed by atoms with van der Waals surface area (Å²) in [6.45, 7) is 19.7. The predicted octanol–water partition coefficient (Wildman–Crippen LogP) is 28.3. The smallest absolute Gasteiger partial charge is 0.204 e. The highest BCUT2D eigenvalue weighted by Crippen LogP contribution is 2.45. The van der Waals surface area contributed by atoms with E-state index in [4.69, 9.17) is 52.5 Å². The lowest BCUT2D eigenvalue weighted by Crippen LogP contribution is -2.44. The maximum absolute atomic E-state index is 15.1. The van der Waals surface area contributed by atoms with Crippen LogP contribution >= 0.6 is 0 Å². The van der Waals surface area contributed by atoms with Crippen molar-refractivity contribution in [3.63, 3.8) is 0 Å². The van der Waals surface area contributed by atoms with Crippen LogP contribution in [0.25, 0.3) is 22.3 Å². The van der Waals surface area contributed by atoms with E-state index in [1.807, 2.05) is 34.6 Å². The van der Waals surface area contributed by atoms with Gasteiger partial charge in [-0.1, -0.05) is 208 Å². The maximum Gasteiger partial charge on any atom is 0.204 e. The van der Waals surface area contributed by atoms with E-state index in [2.05, 4.69) is 20.8 Å². The summed E-state index contributed by atoms with van der Waals surface area (Å²) in [6, 6.07) is 0. The molecule has 2 aliphatic rings. The minimum Gasteiger partial charge on any atom is -0.487 e. The molecule has 123 heavy (non-hydrogen) atoms. The minimum absolute atomic E-state index is 0.0397. The number of ether oxygens (including phenoxy) is 10. The van der Waals surface area contributed by atoms with Gasteiger partial charge in [0, 0.05) is 38.9 Å². The Morgan fingerprint density at radius 3 is 0.854 bits per heavy atom. The first-order valence-corrected chi connectivity index (χ1v) is 45.7. The van der Waals surface area contributed by atoms with E-state index in [-0.39, 0.29) is 82.2 Å². The summed E-state index contributed by atoms with van der Waals surface area (Å²) in [4.78, 5) is 9.84. The Labute approximate surface area is 721 Å². The number of rotatable bonds is 60. The summed E-state index contributed by atoms with van der Waals surface area (Å²) < 4.78 is 294. The number of unbranched alkanes of at least 4 members (excludes halogenated alkanes) is 29. The van der Waals surface area contributed by atoms with Gasteiger partial charge in [0.1, 0.15) is 6.29 Å². The molecule has 0 radical (unpaired) electrons. The molecule has 2 aliphatic heterocycles. The molecule has 4 aromatic rings. The fourth-order valence-corrected chi connectivity index (χ4v) is 14.3. The standard InChI is InChI=1S/C49H72F8O7.C33H44F8O4.C8H16O.C4H10O/c1-5-8-10-16-19-23-36-61-32(7-3)28-34(63-36)30-35-29-33(27-31(4)58)62-37(64-35)24-20-17-14-12-13-15-18-22-26-60-49-46(56)42(52)39(43(53)47(49)57)38-40(50)44(54)48(45(55)41(38)51)59-25-21-11-9-6-2;1-4-7-8-16-19-44-32-28(38)24(34)22(25(35)29(32)39)23-26(36)30(40)33(31(41)27(23)37)45-20-17-14-12-10-9-11-13-15-18-21(42-5-2)43-6-3;1-2-3-4-5-6-7-8-9;1-3-4(2)5/h31-37,58H,5-30H2,1-4H3;21H,4-20H2,1-3H3;8H,2-7H2,1H3;4-5H,3H2,1-2H3. The van der Waals surface area contributed by atoms with Gasteiger partial charge in [-0.05, 0) is 118 Å². The second kappa shape index (κ2) is 64.9. The number of carbonyl (C=O) groups is 1. The van der Waals surface area contributed by atoms with Crippen LogP contribution in [0, 0.1) is 93.1 Å². The van der Waals surface area contributed by atoms with Gasteiger partial charge in [-0.25, -0.2) is 35.1 Å². The zero-order chi connectivity index (χ0) is 91.2. The lowest BCUT2D eigenvalue weighted by atomic mass is 9.96. The van der Waals surface area contributed by atoms with E-state index < -0.39 is 144 Å². The second-order valence-corrected chi connectivity index (χ2v) is 31.9. The zero-order valence-corrected chi connectivity index (χ0v) is 74.6. The zero-order valence-electron chi connectivity index (χ0n) is 74.6. The van der Waals surface area contributed by atoms with Crippen LogP contribution < -0.4 is 18.9 Å². The van der Waals surface area contributed by atoms with E-state index in [9.17, 15) is 71.4 Å². The van der Waals surface area contributed by atoms with Crippen LogP contribution in [-0.4, -0.2) is 112 Å². The molecule has 0 amide bonds. The van der Waals surface area contributed by atoms with Crippen LogP contribution in [-0.2, 0) is 33.2 Å². The van der Waals surface area contributed by atoms with Crippen molar-refractivity contribution in [3.05, 3.63) is 93.1 Å². The van der Waals surface area contributed by atoms with Gasteiger partial charge in [0.15, 0.2) is 88.4 Å². The largest absolute Gasteiger partial charge is 0.487 e. The van der Waals surface area contributed by atoms with Crippen LogP contribution in [0.5, 0.6) is 23.0 Å². The summed E-state index contributed by atoms with van der Waals surface area (Å²) >= 11 is 0. The van der Waals surface area contributed by atoms with Crippen LogP contribution in [0.1, 0.15) is 352 Å². The summed E-state index contributed by atoms with van der Waals surface area (Å²) in [5, 5.41) is 18.5. The summed E-state index contributed by atoms with van der Waals surface area (Å²) in [5.74, 6) is -40.6. The topological polar surface area (TPSA) is 150 Å². The van der Waals surface area contributed by atoms with E-state index in [1.54, 1.807) is 13.8 Å². The van der Waals surface area contributed by atoms with Crippen molar-refractivity contribution in [1.82, 2.24) is 0 Å². The minimum atomic E-state index is -2.27. The van der Waals surface area contributed by atoms with Crippen LogP contribution in [0.2, 0.25) is 0 Å². The third kappa shape index (κ3) is 39.8. The molecular formula is C94H142F16O13. The third-order valence-corrected chi connectivity index (χ3v) is 21.3. The third-order valence-electron chi connectivity index (χ3n) is 21.3. The summed E-state index contributed by atoms with van der Waals surface area (Å²) in [7, 11) is 0. The molecule has 0 spiro atoms. The Balaban J connectivity index is 0.000000572. The highest BCUT2D eigenvalue weighted by atomic mass is 19.2. The molecule has 2 N–H and O–H groups in total. The SMILES string of the molecule is CCC(C)O.CCCCCCCC1OC(CC)CC(CC2CC(CC(C)O)OC(CCCCCCCCCCOc3c(F)c(F)c(-c4c(F)c(F)c(OCCCCCC)c(F)c4F)c(F)c3F)O2)O1.CCCCCCCC=O.CCCCCCOc1c(F)c(F)c(-c2c(F)c(F)c(OCCCCCCCCCCC(OCC)OCC)c(F)c2F)c(F)c1F. The fraction of sp³-hybridized carbons (Fsp3) is 0.734. The number of hydrogen-bond acceptors (Lipinski definition) is 13. The van der Waals surface area contributed by atoms with Gasteiger partial charge in [-0.3, -0.25) is 0 Å². The van der Waals surface area contributed by atoms with Gasteiger partial charge >= 0.3 is 0 Å². The van der Waals surface area contributed by atoms with Crippen molar-refractivity contribution in [2.45, 2.75) is 407 Å². The number of halogens is 16. The average molecular weight is 1780 g/mol. The van der Waals surface area contributed by atoms with Gasteiger partial charge in [0.05, 0.1) is 85.3 Å². The van der Waals surface area contributed by atoms with E-state index in [0.717, 1.165) is 173 Å². The number of hydrogen-bond donors (Lipinski definition) is 2. The Morgan fingerprint density at radius 1 is 0.325 bits per heavy atom. The number of benzene rings is 4. The van der Waals surface area contributed by atoms with Crippen molar-refractivity contribution in [3.8, 4) is 45.3 Å². The molecule has 4 aromatic carbocycles. The molecule has 8 atom stereocenters. The monoisotopic (exact) mass is 1780 g/mol. The average Bonchev–Trinajstić information content (AvgIpc) is 0.751. The van der Waals surface area contributed by atoms with Crippen molar-refractivity contribution < 1.29 is 133 Å². The number of aliphatic hydroxyl groups is 2. The van der Waals surface area contributed by atoms with Crippen LogP contribution in [0.4, 0.5) is 70.2 Å². The molecule has 6 rings (SSSR count). The first kappa shape index (κ1) is 111. The molecule has 0 saturated carbocycles. The Kier molecular flexibility index (Phi) is 58.9. The Bertz CT molecular complexity index is 3420. The fourth-order valence-electron chi connectivity index (χ4n) is 14.3. The normalized spacial score (nSPS) is 17.0. The number of aliphatic hydroxyl groups excluding tert-OH is 2. The van der Waals surface area contributed by atoms with E-state index >= 15 is 8.78 Å².